The smallest absolute Gasteiger partial charge is 0.0791 e. The molecule has 1 aliphatic rings. The maximum absolute atomic E-state index is 5.43. The molecule has 0 N–H and O–H groups in total. The Kier molecular flexibility index (Phi) is 5.97. The minimum atomic E-state index is 0.543. The van der Waals surface area contributed by atoms with Gasteiger partial charge in [0.25, 0.3) is 0 Å². The van der Waals surface area contributed by atoms with Gasteiger partial charge < -0.3 is 0 Å². The van der Waals surface area contributed by atoms with E-state index in [1.807, 2.05) is 0 Å². The highest BCUT2D eigenvalue weighted by atomic mass is 14.7. The zero-order valence-electron chi connectivity index (χ0n) is 24.7. The number of pyridine rings is 2. The number of aryl methyl sites for hydroxylation is 2. The summed E-state index contributed by atoms with van der Waals surface area (Å²) in [5, 5.41) is 7.38. The van der Waals surface area contributed by atoms with Gasteiger partial charge >= 0.3 is 0 Å². The van der Waals surface area contributed by atoms with Gasteiger partial charge in [-0.2, -0.15) is 0 Å². The number of hydrogen-bond acceptors (Lipinski definition) is 2. The molecular formula is C41H32N2. The minimum Gasteiger partial charge on any atom is -0.247 e. The summed E-state index contributed by atoms with van der Waals surface area (Å²) in [4.78, 5) is 10.8. The van der Waals surface area contributed by atoms with Gasteiger partial charge in [-0.05, 0) is 76.9 Å². The maximum Gasteiger partial charge on any atom is 0.0791 e. The molecule has 0 saturated carbocycles. The maximum atomic E-state index is 5.43. The van der Waals surface area contributed by atoms with E-state index in [0.29, 0.717) is 5.92 Å². The second kappa shape index (κ2) is 10.0. The van der Waals surface area contributed by atoms with Crippen LogP contribution in [0.25, 0.3) is 71.3 Å². The third-order valence-corrected chi connectivity index (χ3v) is 9.12. The van der Waals surface area contributed by atoms with Crippen LogP contribution in [0.5, 0.6) is 0 Å². The highest BCUT2D eigenvalue weighted by Gasteiger charge is 2.23. The van der Waals surface area contributed by atoms with E-state index in [-0.39, 0.29) is 0 Å². The predicted octanol–water partition coefficient (Wildman–Crippen LogP) is 11.0. The van der Waals surface area contributed by atoms with E-state index in [4.69, 9.17) is 9.97 Å². The molecule has 0 aliphatic heterocycles. The summed E-state index contributed by atoms with van der Waals surface area (Å²) in [5.41, 5.74) is 11.4. The van der Waals surface area contributed by atoms with Crippen LogP contribution in [0.1, 0.15) is 30.2 Å². The van der Waals surface area contributed by atoms with Crippen LogP contribution in [-0.2, 0) is 0 Å². The Bertz CT molecular complexity index is 2280. The van der Waals surface area contributed by atoms with Gasteiger partial charge in [0.05, 0.1) is 22.4 Å². The number of hydrogen-bond donors (Lipinski definition) is 0. The molecule has 8 rings (SSSR count). The average molecular weight is 553 g/mol. The zero-order valence-corrected chi connectivity index (χ0v) is 24.7. The number of allylic oxidation sites excluding steroid dienone is 4. The predicted molar refractivity (Wildman–Crippen MR) is 183 cm³/mol. The first-order chi connectivity index (χ1) is 21.1. The molecular weight excluding hydrogens is 520 g/mol. The van der Waals surface area contributed by atoms with Gasteiger partial charge in [-0.25, -0.2) is 9.97 Å². The van der Waals surface area contributed by atoms with Crippen LogP contribution < -0.4 is 0 Å². The highest BCUT2D eigenvalue weighted by Crippen LogP contribution is 2.45. The van der Waals surface area contributed by atoms with Crippen LogP contribution in [0.4, 0.5) is 0 Å². The second-order valence-corrected chi connectivity index (χ2v) is 11.9. The molecule has 1 atom stereocenters. The molecule has 206 valence electrons. The van der Waals surface area contributed by atoms with Gasteiger partial charge in [0, 0.05) is 27.1 Å². The topological polar surface area (TPSA) is 25.8 Å². The van der Waals surface area contributed by atoms with Crippen molar-refractivity contribution in [2.24, 2.45) is 5.92 Å². The van der Waals surface area contributed by atoms with E-state index in [0.717, 1.165) is 34.4 Å². The molecule has 0 fully saturated rings. The van der Waals surface area contributed by atoms with Gasteiger partial charge in [0.15, 0.2) is 0 Å². The lowest BCUT2D eigenvalue weighted by Gasteiger charge is -2.22. The fraction of sp³-hybridized carbons (Fsp3) is 0.122. The number of fused-ring (bicyclic) bond motifs is 6. The zero-order chi connectivity index (χ0) is 29.1. The molecule has 7 aromatic rings. The minimum absolute atomic E-state index is 0.543. The molecule has 0 saturated heterocycles. The van der Waals surface area contributed by atoms with Crippen molar-refractivity contribution in [2.75, 3.05) is 0 Å². The quantitative estimate of drug-likeness (QED) is 0.161. The lowest BCUT2D eigenvalue weighted by molar-refractivity contribution is 0.739. The SMILES string of the molecule is Cc1c2c(-c3ccccc3)nc3cc(-c4ccccc4)ccc3c2c(C)c2c(C3=CCC(C)C=C3)nc3ccccc3c12. The molecule has 0 amide bonds. The van der Waals surface area contributed by atoms with Crippen LogP contribution in [0.3, 0.4) is 0 Å². The van der Waals surface area contributed by atoms with Gasteiger partial charge in [0.1, 0.15) is 0 Å². The summed E-state index contributed by atoms with van der Waals surface area (Å²) in [6.07, 6.45) is 7.99. The summed E-state index contributed by atoms with van der Waals surface area (Å²) in [6.45, 7) is 6.84. The molecule has 0 spiro atoms. The first-order valence-electron chi connectivity index (χ1n) is 15.2. The summed E-state index contributed by atoms with van der Waals surface area (Å²) >= 11 is 0. The summed E-state index contributed by atoms with van der Waals surface area (Å²) in [7, 11) is 0. The van der Waals surface area contributed by atoms with Crippen molar-refractivity contribution in [3.8, 4) is 22.4 Å². The van der Waals surface area contributed by atoms with Gasteiger partial charge in [-0.3, -0.25) is 0 Å². The van der Waals surface area contributed by atoms with Crippen molar-refractivity contribution in [3.63, 3.8) is 0 Å². The third-order valence-electron chi connectivity index (χ3n) is 9.12. The lowest BCUT2D eigenvalue weighted by atomic mass is 9.85. The monoisotopic (exact) mass is 552 g/mol. The Hall–Kier alpha value is -5.08. The third kappa shape index (κ3) is 4.09. The normalized spacial score (nSPS) is 15.0. The van der Waals surface area contributed by atoms with Crippen molar-refractivity contribution in [3.05, 3.63) is 138 Å². The summed E-state index contributed by atoms with van der Waals surface area (Å²) < 4.78 is 0. The van der Waals surface area contributed by atoms with Crippen LogP contribution in [0.15, 0.2) is 121 Å². The number of rotatable bonds is 3. The van der Waals surface area contributed by atoms with Crippen LogP contribution >= 0.6 is 0 Å². The van der Waals surface area contributed by atoms with Crippen molar-refractivity contribution in [2.45, 2.75) is 27.2 Å². The Morgan fingerprint density at radius 2 is 1.16 bits per heavy atom. The Morgan fingerprint density at radius 3 is 1.86 bits per heavy atom. The largest absolute Gasteiger partial charge is 0.247 e. The van der Waals surface area contributed by atoms with Crippen molar-refractivity contribution < 1.29 is 0 Å². The first-order valence-corrected chi connectivity index (χ1v) is 15.2. The molecule has 0 bridgehead atoms. The number of para-hydroxylation sites is 1. The molecule has 2 heteroatoms. The van der Waals surface area contributed by atoms with Gasteiger partial charge in [-0.15, -0.1) is 0 Å². The van der Waals surface area contributed by atoms with E-state index in [1.54, 1.807) is 0 Å². The fourth-order valence-electron chi connectivity index (χ4n) is 6.96. The molecule has 1 unspecified atom stereocenters. The molecule has 0 radical (unpaired) electrons. The van der Waals surface area contributed by atoms with Gasteiger partial charge in [0.2, 0.25) is 0 Å². The van der Waals surface area contributed by atoms with Crippen molar-refractivity contribution >= 4 is 48.9 Å². The van der Waals surface area contributed by atoms with E-state index >= 15 is 0 Å². The van der Waals surface area contributed by atoms with Crippen LogP contribution in [-0.4, -0.2) is 9.97 Å². The Balaban J connectivity index is 1.57. The average Bonchev–Trinajstić information content (AvgIpc) is 3.06. The van der Waals surface area contributed by atoms with E-state index in [2.05, 4.69) is 142 Å². The van der Waals surface area contributed by atoms with Crippen LogP contribution in [0, 0.1) is 19.8 Å². The van der Waals surface area contributed by atoms with E-state index in [1.165, 1.54) is 60.1 Å². The molecule has 2 aromatic heterocycles. The molecule has 1 aliphatic carbocycles. The fourth-order valence-corrected chi connectivity index (χ4v) is 6.96. The lowest BCUT2D eigenvalue weighted by Crippen LogP contribution is -2.02. The molecule has 43 heavy (non-hydrogen) atoms. The standard InChI is InChI=1S/C41H32N2/c1-25-18-20-30(21-19-25)41-38-27(3)37-33-23-22-31(28-12-6-4-7-13-28)24-35(33)43-40(29-14-8-5-9-15-29)39(37)26(2)36(38)32-16-10-11-17-34(32)42-41/h4-18,20-25H,19H2,1-3H3. The molecule has 5 aromatic carbocycles. The Morgan fingerprint density at radius 1 is 0.558 bits per heavy atom. The van der Waals surface area contributed by atoms with E-state index < -0.39 is 0 Å². The molecule has 2 heterocycles. The second-order valence-electron chi connectivity index (χ2n) is 11.9. The van der Waals surface area contributed by atoms with E-state index in [9.17, 15) is 0 Å². The first kappa shape index (κ1) is 25.6. The number of benzene rings is 5. The summed E-state index contributed by atoms with van der Waals surface area (Å²) in [5.74, 6) is 0.543. The molecule has 2 nitrogen and oxygen atoms in total. The van der Waals surface area contributed by atoms with Crippen molar-refractivity contribution in [1.82, 2.24) is 9.97 Å². The highest BCUT2D eigenvalue weighted by molar-refractivity contribution is 6.25. The summed E-state index contributed by atoms with van der Waals surface area (Å²) in [6, 6.07) is 36.6. The number of aromatic nitrogens is 2. The Labute approximate surface area is 252 Å². The van der Waals surface area contributed by atoms with Crippen LogP contribution in [0.2, 0.25) is 0 Å². The van der Waals surface area contributed by atoms with Crippen molar-refractivity contribution in [1.29, 1.82) is 0 Å². The van der Waals surface area contributed by atoms with Gasteiger partial charge in [-0.1, -0.05) is 116 Å². The number of nitrogens with zero attached hydrogens (tertiary/aromatic N) is 2.